The fourth-order valence-corrected chi connectivity index (χ4v) is 3.16. The third-order valence-corrected chi connectivity index (χ3v) is 4.85. The molecule has 0 aromatic heterocycles. The molecule has 0 aliphatic carbocycles. The largest absolute Gasteiger partial charge is 0.494 e. The third kappa shape index (κ3) is 5.16. The van der Waals surface area contributed by atoms with E-state index in [0.717, 1.165) is 42.0 Å². The molecule has 0 bridgehead atoms. The molecule has 1 aliphatic heterocycles. The van der Waals surface area contributed by atoms with Crippen molar-refractivity contribution in [2.75, 3.05) is 6.61 Å². The Kier molecular flexibility index (Phi) is 6.59. The molecule has 0 unspecified atom stereocenters. The number of rotatable bonds is 9. The van der Waals surface area contributed by atoms with Gasteiger partial charge in [-0.15, -0.1) is 0 Å². The van der Waals surface area contributed by atoms with Crippen molar-refractivity contribution in [1.82, 2.24) is 0 Å². The predicted molar refractivity (Wildman–Crippen MR) is 112 cm³/mol. The molecule has 140 valence electrons. The fourth-order valence-electron chi connectivity index (χ4n) is 3.16. The second kappa shape index (κ2) is 9.31. The summed E-state index contributed by atoms with van der Waals surface area (Å²) in [6, 6.07) is 16.0. The summed E-state index contributed by atoms with van der Waals surface area (Å²) in [6.07, 6.45) is 7.60. The summed E-state index contributed by atoms with van der Waals surface area (Å²) in [6.45, 7) is 4.58. The van der Waals surface area contributed by atoms with Crippen molar-refractivity contribution in [2.24, 2.45) is 4.99 Å². The van der Waals surface area contributed by atoms with Crippen molar-refractivity contribution in [3.63, 3.8) is 0 Å². The quantitative estimate of drug-likeness (QED) is 0.401. The standard InChI is InChI=1S/C24H27NO2/c1-3-4-5-6-15-27-23-13-11-20(12-14-23)22-16-24(25-17-22)21-9-7-19(8-10-21)18(2)26/h7-14,17H,3-6,15-16H2,1-2H3. The maximum Gasteiger partial charge on any atom is 0.159 e. The van der Waals surface area contributed by atoms with E-state index >= 15 is 0 Å². The van der Waals surface area contributed by atoms with Gasteiger partial charge in [0.15, 0.2) is 5.78 Å². The lowest BCUT2D eigenvalue weighted by Crippen LogP contribution is -2.00. The lowest BCUT2D eigenvalue weighted by Gasteiger charge is -2.08. The van der Waals surface area contributed by atoms with Gasteiger partial charge in [0.1, 0.15) is 5.75 Å². The van der Waals surface area contributed by atoms with Crippen LogP contribution in [-0.4, -0.2) is 18.1 Å². The molecule has 3 rings (SSSR count). The van der Waals surface area contributed by atoms with E-state index in [4.69, 9.17) is 4.74 Å². The highest BCUT2D eigenvalue weighted by Gasteiger charge is 2.14. The zero-order valence-corrected chi connectivity index (χ0v) is 16.2. The first kappa shape index (κ1) is 19.1. The second-order valence-electron chi connectivity index (χ2n) is 6.97. The minimum Gasteiger partial charge on any atom is -0.494 e. The molecule has 0 atom stereocenters. The zero-order valence-electron chi connectivity index (χ0n) is 16.2. The van der Waals surface area contributed by atoms with E-state index in [1.807, 2.05) is 42.6 Å². The van der Waals surface area contributed by atoms with Crippen molar-refractivity contribution >= 4 is 17.1 Å². The predicted octanol–water partition coefficient (Wildman–Crippen LogP) is 6.08. The molecular weight excluding hydrogens is 334 g/mol. The van der Waals surface area contributed by atoms with Crippen molar-refractivity contribution < 1.29 is 9.53 Å². The Balaban J connectivity index is 1.54. The molecule has 2 aromatic rings. The molecule has 0 saturated heterocycles. The monoisotopic (exact) mass is 361 g/mol. The van der Waals surface area contributed by atoms with Gasteiger partial charge in [0.05, 0.1) is 12.3 Å². The molecule has 3 heteroatoms. The Morgan fingerprint density at radius 3 is 2.33 bits per heavy atom. The van der Waals surface area contributed by atoms with E-state index in [2.05, 4.69) is 24.0 Å². The minimum atomic E-state index is 0.0846. The Morgan fingerprint density at radius 2 is 1.67 bits per heavy atom. The summed E-state index contributed by atoms with van der Waals surface area (Å²) in [7, 11) is 0. The van der Waals surface area contributed by atoms with E-state index < -0.39 is 0 Å². The van der Waals surface area contributed by atoms with Crippen LogP contribution in [0.1, 0.15) is 67.4 Å². The number of ketones is 1. The summed E-state index contributed by atoms with van der Waals surface area (Å²) >= 11 is 0. The van der Waals surface area contributed by atoms with Crippen LogP contribution in [0.2, 0.25) is 0 Å². The Bertz CT molecular complexity index is 830. The zero-order chi connectivity index (χ0) is 19.1. The van der Waals surface area contributed by atoms with Crippen molar-refractivity contribution in [3.05, 3.63) is 71.4 Å². The summed E-state index contributed by atoms with van der Waals surface area (Å²) in [4.78, 5) is 16.0. The van der Waals surface area contributed by atoms with Gasteiger partial charge in [-0.05, 0) is 42.2 Å². The normalized spacial score (nSPS) is 13.3. The third-order valence-electron chi connectivity index (χ3n) is 4.85. The van der Waals surface area contributed by atoms with Crippen molar-refractivity contribution in [3.8, 4) is 5.75 Å². The van der Waals surface area contributed by atoms with Crippen LogP contribution in [0, 0.1) is 0 Å². The number of hydrogen-bond donors (Lipinski definition) is 0. The van der Waals surface area contributed by atoms with E-state index in [0.29, 0.717) is 0 Å². The maximum atomic E-state index is 11.4. The first-order chi connectivity index (χ1) is 13.2. The molecule has 0 radical (unpaired) electrons. The Hall–Kier alpha value is -2.68. The average molecular weight is 361 g/mol. The number of allylic oxidation sites excluding steroid dienone is 1. The van der Waals surface area contributed by atoms with Gasteiger partial charge in [0.25, 0.3) is 0 Å². The first-order valence-electron chi connectivity index (χ1n) is 9.77. The highest BCUT2D eigenvalue weighted by Crippen LogP contribution is 2.28. The Morgan fingerprint density at radius 1 is 0.963 bits per heavy atom. The first-order valence-corrected chi connectivity index (χ1v) is 9.77. The lowest BCUT2D eigenvalue weighted by atomic mass is 9.98. The number of carbonyl (C=O) groups is 1. The number of carbonyl (C=O) groups excluding carboxylic acids is 1. The van der Waals surface area contributed by atoms with Crippen LogP contribution in [0.25, 0.3) is 5.57 Å². The van der Waals surface area contributed by atoms with Gasteiger partial charge in [-0.25, -0.2) is 0 Å². The summed E-state index contributed by atoms with van der Waals surface area (Å²) in [5.74, 6) is 1.01. The SMILES string of the molecule is CCCCCCOc1ccc(C2=CN=C(c3ccc(C(C)=O)cc3)C2)cc1. The molecule has 0 spiro atoms. The van der Waals surface area contributed by atoms with Crippen molar-refractivity contribution in [1.29, 1.82) is 0 Å². The molecule has 0 N–H and O–H groups in total. The molecule has 2 aromatic carbocycles. The number of hydrogen-bond acceptors (Lipinski definition) is 3. The van der Waals surface area contributed by atoms with E-state index in [9.17, 15) is 4.79 Å². The Labute approximate surface area is 161 Å². The molecule has 1 heterocycles. The van der Waals surface area contributed by atoms with E-state index in [1.165, 1.54) is 30.4 Å². The number of benzene rings is 2. The van der Waals surface area contributed by atoms with Gasteiger partial charge in [-0.1, -0.05) is 62.6 Å². The molecule has 3 nitrogen and oxygen atoms in total. The number of ether oxygens (including phenoxy) is 1. The highest BCUT2D eigenvalue weighted by molar-refractivity contribution is 6.09. The number of nitrogens with zero attached hydrogens (tertiary/aromatic N) is 1. The van der Waals surface area contributed by atoms with E-state index in [1.54, 1.807) is 6.92 Å². The number of aliphatic imine (C=N–C) groups is 1. The summed E-state index contributed by atoms with van der Waals surface area (Å²) < 4.78 is 5.82. The van der Waals surface area contributed by atoms with E-state index in [-0.39, 0.29) is 5.78 Å². The van der Waals surface area contributed by atoms with Gasteiger partial charge < -0.3 is 4.74 Å². The highest BCUT2D eigenvalue weighted by atomic mass is 16.5. The molecule has 1 aliphatic rings. The molecular formula is C24H27NO2. The maximum absolute atomic E-state index is 11.4. The van der Waals surface area contributed by atoms with Gasteiger partial charge in [-0.2, -0.15) is 0 Å². The number of unbranched alkanes of at least 4 members (excludes halogenated alkanes) is 3. The molecule has 0 amide bonds. The summed E-state index contributed by atoms with van der Waals surface area (Å²) in [5.41, 5.74) is 5.22. The average Bonchev–Trinajstić information content (AvgIpc) is 3.18. The van der Waals surface area contributed by atoms with Gasteiger partial charge in [-0.3, -0.25) is 9.79 Å². The lowest BCUT2D eigenvalue weighted by molar-refractivity contribution is 0.101. The minimum absolute atomic E-state index is 0.0846. The smallest absolute Gasteiger partial charge is 0.159 e. The molecule has 0 fully saturated rings. The second-order valence-corrected chi connectivity index (χ2v) is 6.97. The van der Waals surface area contributed by atoms with Gasteiger partial charge in [0.2, 0.25) is 0 Å². The van der Waals surface area contributed by atoms with Crippen molar-refractivity contribution in [2.45, 2.75) is 46.0 Å². The summed E-state index contributed by atoms with van der Waals surface area (Å²) in [5, 5.41) is 0. The van der Waals surface area contributed by atoms with Gasteiger partial charge in [0, 0.05) is 18.2 Å². The topological polar surface area (TPSA) is 38.7 Å². The molecule has 0 saturated carbocycles. The van der Waals surface area contributed by atoms with Crippen LogP contribution in [0.3, 0.4) is 0 Å². The fraction of sp³-hybridized carbons (Fsp3) is 0.333. The van der Waals surface area contributed by atoms with Crippen LogP contribution in [0.4, 0.5) is 0 Å². The van der Waals surface area contributed by atoms with Crippen LogP contribution in [0.15, 0.2) is 59.7 Å². The van der Waals surface area contributed by atoms with Crippen LogP contribution < -0.4 is 4.74 Å². The van der Waals surface area contributed by atoms with Crippen LogP contribution in [0.5, 0.6) is 5.75 Å². The number of Topliss-reactive ketones (excluding diaryl/α,β-unsaturated/α-hetero) is 1. The van der Waals surface area contributed by atoms with Gasteiger partial charge >= 0.3 is 0 Å². The molecule has 27 heavy (non-hydrogen) atoms. The van der Waals surface area contributed by atoms with Crippen LogP contribution >= 0.6 is 0 Å². The van der Waals surface area contributed by atoms with Crippen LogP contribution in [-0.2, 0) is 0 Å².